The van der Waals surface area contributed by atoms with E-state index in [1.165, 1.54) is 5.69 Å². The van der Waals surface area contributed by atoms with Crippen molar-refractivity contribution >= 4 is 22.9 Å². The summed E-state index contributed by atoms with van der Waals surface area (Å²) >= 11 is 1.61. The Balaban J connectivity index is 1.31. The van der Waals surface area contributed by atoms with Crippen molar-refractivity contribution in [1.82, 2.24) is 9.88 Å². The van der Waals surface area contributed by atoms with Crippen LogP contribution in [0.5, 0.6) is 5.75 Å². The molecule has 0 unspecified atom stereocenters. The molecule has 6 nitrogen and oxygen atoms in total. The molecule has 1 aliphatic heterocycles. The first-order valence-electron chi connectivity index (χ1n) is 10.4. The average Bonchev–Trinajstić information content (AvgIpc) is 3.23. The predicted molar refractivity (Wildman–Crippen MR) is 123 cm³/mol. The van der Waals surface area contributed by atoms with Crippen molar-refractivity contribution in [2.24, 2.45) is 0 Å². The summed E-state index contributed by atoms with van der Waals surface area (Å²) < 4.78 is 11.2. The Morgan fingerprint density at radius 2 is 1.84 bits per heavy atom. The molecule has 7 heteroatoms. The first kappa shape index (κ1) is 21.3. The minimum Gasteiger partial charge on any atom is -0.487 e. The summed E-state index contributed by atoms with van der Waals surface area (Å²) in [6.07, 6.45) is 0. The Hall–Kier alpha value is -2.90. The molecule has 1 amide bonds. The number of benzene rings is 2. The lowest BCUT2D eigenvalue weighted by Gasteiger charge is -2.29. The molecule has 2 heterocycles. The molecule has 0 saturated carbocycles. The highest BCUT2D eigenvalue weighted by Crippen LogP contribution is 2.19. The highest BCUT2D eigenvalue weighted by atomic mass is 32.1. The molecule has 31 heavy (non-hydrogen) atoms. The van der Waals surface area contributed by atoms with Gasteiger partial charge in [0.05, 0.1) is 23.9 Å². The van der Waals surface area contributed by atoms with E-state index in [0.717, 1.165) is 48.3 Å². The van der Waals surface area contributed by atoms with Gasteiger partial charge in [-0.05, 0) is 48.9 Å². The van der Waals surface area contributed by atoms with Crippen LogP contribution in [0.25, 0.3) is 0 Å². The van der Waals surface area contributed by atoms with Gasteiger partial charge in [0.1, 0.15) is 12.4 Å². The van der Waals surface area contributed by atoms with Gasteiger partial charge in [-0.2, -0.15) is 0 Å². The van der Waals surface area contributed by atoms with Crippen molar-refractivity contribution < 1.29 is 14.3 Å². The summed E-state index contributed by atoms with van der Waals surface area (Å²) in [5, 5.41) is 3.02. The molecule has 1 aromatic heterocycles. The first-order valence-corrected chi connectivity index (χ1v) is 11.3. The topological polar surface area (TPSA) is 54.9 Å². The van der Waals surface area contributed by atoms with Crippen molar-refractivity contribution in [3.05, 3.63) is 75.7 Å². The number of anilines is 1. The lowest BCUT2D eigenvalue weighted by atomic mass is 10.1. The van der Waals surface area contributed by atoms with Gasteiger partial charge in [-0.3, -0.25) is 4.79 Å². The van der Waals surface area contributed by atoms with Gasteiger partial charge in [0.2, 0.25) is 0 Å². The Bertz CT molecular complexity index is 996. The number of amides is 1. The van der Waals surface area contributed by atoms with Gasteiger partial charge in [0.15, 0.2) is 0 Å². The van der Waals surface area contributed by atoms with E-state index in [0.29, 0.717) is 18.7 Å². The Labute approximate surface area is 187 Å². The average molecular weight is 438 g/mol. The van der Waals surface area contributed by atoms with Crippen LogP contribution in [0.1, 0.15) is 26.6 Å². The van der Waals surface area contributed by atoms with Crippen LogP contribution in [-0.2, 0) is 17.9 Å². The third-order valence-corrected chi connectivity index (χ3v) is 6.06. The molecule has 4 rings (SSSR count). The fraction of sp³-hybridized carbons (Fsp3) is 0.333. The van der Waals surface area contributed by atoms with Gasteiger partial charge < -0.3 is 19.3 Å². The lowest BCUT2D eigenvalue weighted by Crippen LogP contribution is -2.36. The standard InChI is InChI=1S/C24H27N3O3S/c1-18-25-21(17-31-18)16-30-23-9-5-20(6-10-23)24(28)26(2)15-19-3-7-22(8-4-19)27-11-13-29-14-12-27/h3-10,17H,11-16H2,1-2H3. The Morgan fingerprint density at radius 1 is 1.13 bits per heavy atom. The zero-order valence-electron chi connectivity index (χ0n) is 17.9. The maximum atomic E-state index is 12.8. The van der Waals surface area contributed by atoms with Gasteiger partial charge >= 0.3 is 0 Å². The van der Waals surface area contributed by atoms with Gasteiger partial charge in [0.25, 0.3) is 5.91 Å². The van der Waals surface area contributed by atoms with Gasteiger partial charge in [-0.1, -0.05) is 12.1 Å². The van der Waals surface area contributed by atoms with Crippen molar-refractivity contribution in [3.8, 4) is 5.75 Å². The van der Waals surface area contributed by atoms with Crippen LogP contribution in [0.15, 0.2) is 53.9 Å². The predicted octanol–water partition coefficient (Wildman–Crippen LogP) is 4.14. The van der Waals surface area contributed by atoms with Crippen molar-refractivity contribution in [1.29, 1.82) is 0 Å². The SMILES string of the molecule is Cc1nc(COc2ccc(C(=O)N(C)Cc3ccc(N4CCOCC4)cc3)cc2)cs1. The van der Waals surface area contributed by atoms with Crippen molar-refractivity contribution in [2.45, 2.75) is 20.1 Å². The largest absolute Gasteiger partial charge is 0.487 e. The number of aryl methyl sites for hydroxylation is 1. The highest BCUT2D eigenvalue weighted by molar-refractivity contribution is 7.09. The summed E-state index contributed by atoms with van der Waals surface area (Å²) in [5.41, 5.74) is 3.86. The summed E-state index contributed by atoms with van der Waals surface area (Å²) in [6.45, 7) is 6.34. The number of rotatable bonds is 7. The Morgan fingerprint density at radius 3 is 2.48 bits per heavy atom. The number of hydrogen-bond acceptors (Lipinski definition) is 6. The smallest absolute Gasteiger partial charge is 0.253 e. The first-order chi connectivity index (χ1) is 15.1. The maximum absolute atomic E-state index is 12.8. The van der Waals surface area contributed by atoms with Crippen molar-refractivity contribution in [2.75, 3.05) is 38.3 Å². The molecular formula is C24H27N3O3S. The van der Waals surface area contributed by atoms with Gasteiger partial charge in [-0.15, -0.1) is 11.3 Å². The molecule has 0 aliphatic carbocycles. The van der Waals surface area contributed by atoms with Crippen LogP contribution in [0.4, 0.5) is 5.69 Å². The molecule has 0 bridgehead atoms. The lowest BCUT2D eigenvalue weighted by molar-refractivity contribution is 0.0785. The van der Waals surface area contributed by atoms with E-state index >= 15 is 0 Å². The molecule has 1 aliphatic rings. The van der Waals surface area contributed by atoms with Crippen molar-refractivity contribution in [3.63, 3.8) is 0 Å². The molecule has 0 radical (unpaired) electrons. The zero-order valence-corrected chi connectivity index (χ0v) is 18.7. The molecule has 1 fully saturated rings. The second-order valence-electron chi connectivity index (χ2n) is 7.60. The number of carbonyl (C=O) groups is 1. The second-order valence-corrected chi connectivity index (χ2v) is 8.66. The highest BCUT2D eigenvalue weighted by Gasteiger charge is 2.14. The van der Waals surface area contributed by atoms with Gasteiger partial charge in [0, 0.05) is 43.3 Å². The van der Waals surface area contributed by atoms with Crippen LogP contribution in [0.2, 0.25) is 0 Å². The monoisotopic (exact) mass is 437 g/mol. The fourth-order valence-electron chi connectivity index (χ4n) is 3.53. The van der Waals surface area contributed by atoms with E-state index in [9.17, 15) is 4.79 Å². The number of nitrogens with zero attached hydrogens (tertiary/aromatic N) is 3. The van der Waals surface area contributed by atoms with E-state index in [1.54, 1.807) is 16.2 Å². The number of carbonyl (C=O) groups excluding carboxylic acids is 1. The number of hydrogen-bond donors (Lipinski definition) is 0. The molecule has 0 N–H and O–H groups in total. The Kier molecular flexibility index (Phi) is 6.84. The van der Waals surface area contributed by atoms with Crippen LogP contribution in [0, 0.1) is 6.92 Å². The van der Waals surface area contributed by atoms with E-state index in [2.05, 4.69) is 34.1 Å². The van der Waals surface area contributed by atoms with E-state index in [4.69, 9.17) is 9.47 Å². The zero-order chi connectivity index (χ0) is 21.6. The van der Waals surface area contributed by atoms with E-state index in [-0.39, 0.29) is 5.91 Å². The number of ether oxygens (including phenoxy) is 2. The third-order valence-electron chi connectivity index (χ3n) is 5.23. The van der Waals surface area contributed by atoms with Gasteiger partial charge in [-0.25, -0.2) is 4.98 Å². The summed E-state index contributed by atoms with van der Waals surface area (Å²) in [5.74, 6) is 0.711. The molecule has 3 aromatic rings. The quantitative estimate of drug-likeness (QED) is 0.556. The van der Waals surface area contributed by atoms with E-state index in [1.807, 2.05) is 43.6 Å². The molecule has 1 saturated heterocycles. The van der Waals surface area contributed by atoms with Crippen LogP contribution < -0.4 is 9.64 Å². The van der Waals surface area contributed by atoms with Crippen LogP contribution in [-0.4, -0.2) is 49.1 Å². The summed E-state index contributed by atoms with van der Waals surface area (Å²) in [6, 6.07) is 15.7. The van der Waals surface area contributed by atoms with Crippen LogP contribution >= 0.6 is 11.3 Å². The molecule has 0 atom stereocenters. The summed E-state index contributed by atoms with van der Waals surface area (Å²) in [4.78, 5) is 21.3. The maximum Gasteiger partial charge on any atom is 0.253 e. The molecule has 2 aromatic carbocycles. The number of aromatic nitrogens is 1. The normalized spacial score (nSPS) is 13.8. The molecule has 162 valence electrons. The minimum absolute atomic E-state index is 0.0149. The molecular weight excluding hydrogens is 410 g/mol. The second kappa shape index (κ2) is 9.94. The minimum atomic E-state index is -0.0149. The fourth-order valence-corrected chi connectivity index (χ4v) is 4.12. The number of morpholine rings is 1. The molecule has 0 spiro atoms. The van der Waals surface area contributed by atoms with Crippen LogP contribution in [0.3, 0.4) is 0 Å². The number of thiazole rings is 1. The third kappa shape index (κ3) is 5.62. The summed E-state index contributed by atoms with van der Waals surface area (Å²) in [7, 11) is 1.83. The van der Waals surface area contributed by atoms with E-state index < -0.39 is 0 Å².